The summed E-state index contributed by atoms with van der Waals surface area (Å²) in [6.45, 7) is 5.09. The maximum absolute atomic E-state index is 12.8. The van der Waals surface area contributed by atoms with Gasteiger partial charge in [0.25, 0.3) is 0 Å². The van der Waals surface area contributed by atoms with E-state index in [4.69, 9.17) is 10.8 Å². The fourth-order valence-corrected chi connectivity index (χ4v) is 5.94. The summed E-state index contributed by atoms with van der Waals surface area (Å²) in [6.07, 6.45) is 0.128. The number of alkyl halides is 3. The van der Waals surface area contributed by atoms with Crippen LogP contribution in [0.3, 0.4) is 0 Å². The van der Waals surface area contributed by atoms with Crippen molar-refractivity contribution in [1.29, 1.82) is 0 Å². The maximum atomic E-state index is 12.8. The fourth-order valence-electron chi connectivity index (χ4n) is 5.94. The molecule has 0 atom stereocenters. The molecule has 53 heavy (non-hydrogen) atoms. The third-order valence-electron chi connectivity index (χ3n) is 8.70. The summed E-state index contributed by atoms with van der Waals surface area (Å²) < 4.78 is 42.5. The van der Waals surface area contributed by atoms with Crippen molar-refractivity contribution in [2.24, 2.45) is 5.73 Å². The molecule has 2 aliphatic rings. The normalized spacial score (nSPS) is 15.0. The minimum atomic E-state index is -4.90. The van der Waals surface area contributed by atoms with Gasteiger partial charge in [-0.15, -0.1) is 13.2 Å². The lowest BCUT2D eigenvalue weighted by Gasteiger charge is -2.34. The van der Waals surface area contributed by atoms with Gasteiger partial charge in [-0.25, -0.2) is 9.59 Å². The fraction of sp³-hybridized carbons (Fsp3) is 0.378. The van der Waals surface area contributed by atoms with Crippen molar-refractivity contribution in [2.75, 3.05) is 38.0 Å². The van der Waals surface area contributed by atoms with E-state index in [1.54, 1.807) is 17.0 Å². The van der Waals surface area contributed by atoms with Crippen molar-refractivity contribution in [3.63, 3.8) is 0 Å². The van der Waals surface area contributed by atoms with Crippen molar-refractivity contribution in [3.8, 4) is 16.9 Å². The molecule has 3 aromatic rings. The van der Waals surface area contributed by atoms with Crippen molar-refractivity contribution < 1.29 is 47.0 Å². The number of nitrogens with two attached hydrogens (primary N) is 1. The standard InChI is InChI=1S/C21H21F3N2O4.C16H22N4O3/c22-21(23,24)30-18-11-10-16(26-20(29)25-15-4-2-1-3-5-15)12-17(18)13-6-8-14(9-7-13)19(27)28;1-12(21)18-10-15(22)20-8-6-19(7-9-20)11-13-2-4-14(5-3-13)16(17)23/h6-12,15H,1-5H2,(H,27,28)(H2,25,26,29);2-5H,6-11H2,1H3,(H2,17,23)(H,18,21). The van der Waals surface area contributed by atoms with E-state index in [0.29, 0.717) is 24.2 Å². The van der Waals surface area contributed by atoms with E-state index in [9.17, 15) is 37.1 Å². The Morgan fingerprint density at radius 2 is 1.49 bits per heavy atom. The molecule has 1 saturated heterocycles. The maximum Gasteiger partial charge on any atom is 0.573 e. The minimum absolute atomic E-state index is 0.00169. The van der Waals surface area contributed by atoms with Gasteiger partial charge >= 0.3 is 18.4 Å². The van der Waals surface area contributed by atoms with E-state index in [2.05, 4.69) is 25.6 Å². The van der Waals surface area contributed by atoms with Gasteiger partial charge in [0.2, 0.25) is 17.7 Å². The van der Waals surface area contributed by atoms with Crippen LogP contribution in [-0.2, 0) is 16.1 Å². The number of carbonyl (C=O) groups is 5. The SMILES string of the molecule is CC(=O)NCC(=O)N1CCN(Cc2ccc(C(N)=O)cc2)CC1.O=C(Nc1ccc(OC(F)(F)F)c(-c2ccc(C(=O)O)cc2)c1)NC1CCCCC1. The lowest BCUT2D eigenvalue weighted by molar-refractivity contribution is -0.274. The number of hydrogen-bond acceptors (Lipinski definition) is 7. The van der Waals surface area contributed by atoms with Crippen molar-refractivity contribution in [2.45, 2.75) is 58.0 Å². The molecule has 5 amide bonds. The molecule has 16 heteroatoms. The summed E-state index contributed by atoms with van der Waals surface area (Å²) in [5.41, 5.74) is 7.50. The number of piperazine rings is 1. The van der Waals surface area contributed by atoms with Crippen LogP contribution in [0.4, 0.5) is 23.7 Å². The lowest BCUT2D eigenvalue weighted by Crippen LogP contribution is -2.50. The van der Waals surface area contributed by atoms with E-state index in [1.165, 1.54) is 43.3 Å². The van der Waals surface area contributed by atoms with Gasteiger partial charge in [0.05, 0.1) is 12.1 Å². The summed E-state index contributed by atoms with van der Waals surface area (Å²) >= 11 is 0. The summed E-state index contributed by atoms with van der Waals surface area (Å²) in [5, 5.41) is 17.0. The molecule has 1 saturated carbocycles. The molecule has 0 aromatic heterocycles. The highest BCUT2D eigenvalue weighted by Crippen LogP contribution is 2.36. The van der Waals surface area contributed by atoms with Crippen LogP contribution in [0.25, 0.3) is 11.1 Å². The molecule has 2 fully saturated rings. The van der Waals surface area contributed by atoms with E-state index < -0.39 is 30.0 Å². The molecular formula is C37H43F3N6O7. The zero-order chi connectivity index (χ0) is 38.5. The Morgan fingerprint density at radius 1 is 0.868 bits per heavy atom. The Hall–Kier alpha value is -5.64. The number of anilines is 1. The first-order valence-electron chi connectivity index (χ1n) is 17.1. The first kappa shape index (κ1) is 40.1. The Morgan fingerprint density at radius 3 is 2.06 bits per heavy atom. The number of halogens is 3. The third kappa shape index (κ3) is 13.1. The highest BCUT2D eigenvalue weighted by atomic mass is 19.4. The number of urea groups is 1. The Labute approximate surface area is 304 Å². The van der Waals surface area contributed by atoms with Gasteiger partial charge in [0.1, 0.15) is 5.75 Å². The summed E-state index contributed by atoms with van der Waals surface area (Å²) in [5.74, 6) is -2.28. The van der Waals surface area contributed by atoms with Crippen molar-refractivity contribution in [3.05, 3.63) is 83.4 Å². The van der Waals surface area contributed by atoms with Gasteiger partial charge in [-0.3, -0.25) is 19.3 Å². The summed E-state index contributed by atoms with van der Waals surface area (Å²) in [6, 6.07) is 16.0. The molecule has 1 aliphatic heterocycles. The number of aromatic carboxylic acids is 1. The number of ether oxygens (including phenoxy) is 1. The molecule has 6 N–H and O–H groups in total. The number of rotatable bonds is 10. The predicted octanol–water partition coefficient (Wildman–Crippen LogP) is 4.97. The summed E-state index contributed by atoms with van der Waals surface area (Å²) in [4.78, 5) is 61.1. The van der Waals surface area contributed by atoms with Crippen LogP contribution in [0.5, 0.6) is 5.75 Å². The van der Waals surface area contributed by atoms with Gasteiger partial charge in [-0.1, -0.05) is 43.5 Å². The molecule has 284 valence electrons. The second-order valence-corrected chi connectivity index (χ2v) is 12.7. The second kappa shape index (κ2) is 18.7. The number of nitrogens with zero attached hydrogens (tertiary/aromatic N) is 2. The number of benzene rings is 3. The van der Waals surface area contributed by atoms with Crippen LogP contribution in [0.15, 0.2) is 66.7 Å². The van der Waals surface area contributed by atoms with Gasteiger partial charge in [-0.2, -0.15) is 0 Å². The van der Waals surface area contributed by atoms with Crippen LogP contribution >= 0.6 is 0 Å². The molecule has 3 aromatic carbocycles. The zero-order valence-corrected chi connectivity index (χ0v) is 29.2. The van der Waals surface area contributed by atoms with Crippen LogP contribution in [0, 0.1) is 0 Å². The highest BCUT2D eigenvalue weighted by Gasteiger charge is 2.32. The molecule has 1 aliphatic carbocycles. The van der Waals surface area contributed by atoms with Gasteiger partial charge < -0.3 is 36.4 Å². The average molecular weight is 741 g/mol. The molecule has 0 spiro atoms. The smallest absolute Gasteiger partial charge is 0.478 e. The van der Waals surface area contributed by atoms with Crippen LogP contribution < -0.4 is 26.4 Å². The van der Waals surface area contributed by atoms with Gasteiger partial charge in [0, 0.05) is 62.5 Å². The monoisotopic (exact) mass is 740 g/mol. The van der Waals surface area contributed by atoms with Gasteiger partial charge in [0.15, 0.2) is 0 Å². The quantitative estimate of drug-likeness (QED) is 0.193. The predicted molar refractivity (Wildman–Crippen MR) is 190 cm³/mol. The molecule has 1 heterocycles. The first-order chi connectivity index (χ1) is 25.2. The van der Waals surface area contributed by atoms with E-state index in [0.717, 1.165) is 63.4 Å². The van der Waals surface area contributed by atoms with Gasteiger partial charge in [-0.05, 0) is 66.4 Å². The molecule has 5 rings (SSSR count). The number of hydrogen-bond donors (Lipinski definition) is 5. The Bertz CT molecular complexity index is 1740. The molecular weight excluding hydrogens is 697 g/mol. The number of carboxylic acids is 1. The molecule has 0 bridgehead atoms. The van der Waals surface area contributed by atoms with Crippen LogP contribution in [-0.4, -0.2) is 89.8 Å². The topological polar surface area (TPSA) is 183 Å². The minimum Gasteiger partial charge on any atom is -0.478 e. The summed E-state index contributed by atoms with van der Waals surface area (Å²) in [7, 11) is 0. The van der Waals surface area contributed by atoms with Crippen molar-refractivity contribution in [1.82, 2.24) is 20.4 Å². The van der Waals surface area contributed by atoms with E-state index in [-0.39, 0.29) is 41.2 Å². The number of carboxylic acid groups (broad SMARTS) is 1. The van der Waals surface area contributed by atoms with E-state index in [1.807, 2.05) is 12.1 Å². The molecule has 13 nitrogen and oxygen atoms in total. The number of amides is 5. The van der Waals surface area contributed by atoms with Crippen LogP contribution in [0.1, 0.15) is 65.3 Å². The second-order valence-electron chi connectivity index (χ2n) is 12.7. The third-order valence-corrected chi connectivity index (χ3v) is 8.70. The number of carbonyl (C=O) groups excluding carboxylic acids is 4. The number of primary amides is 1. The average Bonchev–Trinajstić information content (AvgIpc) is 3.12. The van der Waals surface area contributed by atoms with Crippen LogP contribution in [0.2, 0.25) is 0 Å². The number of nitrogens with one attached hydrogen (secondary N) is 3. The first-order valence-corrected chi connectivity index (χ1v) is 17.1. The molecule has 0 radical (unpaired) electrons. The molecule has 0 unspecified atom stereocenters. The zero-order valence-electron chi connectivity index (χ0n) is 29.2. The largest absolute Gasteiger partial charge is 0.573 e. The lowest BCUT2D eigenvalue weighted by atomic mass is 9.96. The van der Waals surface area contributed by atoms with E-state index >= 15 is 0 Å². The van der Waals surface area contributed by atoms with Crippen molar-refractivity contribution >= 4 is 35.4 Å². The Balaban J connectivity index is 0.000000245. The highest BCUT2D eigenvalue weighted by molar-refractivity contribution is 5.93. The Kier molecular flexibility index (Phi) is 14.2.